The first-order valence-electron chi connectivity index (χ1n) is 5.81. The summed E-state index contributed by atoms with van der Waals surface area (Å²) in [6, 6.07) is 8.53. The Balaban J connectivity index is 1.86. The summed E-state index contributed by atoms with van der Waals surface area (Å²) in [5, 5.41) is 7.58. The second-order valence-corrected chi connectivity index (χ2v) is 4.43. The Morgan fingerprint density at radius 2 is 2.00 bits per heavy atom. The summed E-state index contributed by atoms with van der Waals surface area (Å²) in [6.07, 6.45) is 1.80. The number of nitrogens with one attached hydrogen (secondary N) is 1. The topological polar surface area (TPSA) is 29.9 Å². The SMILES string of the molecule is Fc1ccc(-c2ccnn2CC2CNC2)cc1. The Hall–Kier alpha value is -1.68. The first-order chi connectivity index (χ1) is 8.33. The second-order valence-electron chi connectivity index (χ2n) is 4.43. The van der Waals surface area contributed by atoms with Gasteiger partial charge in [-0.1, -0.05) is 0 Å². The number of rotatable bonds is 3. The third-order valence-corrected chi connectivity index (χ3v) is 3.15. The van der Waals surface area contributed by atoms with Gasteiger partial charge in [0.25, 0.3) is 0 Å². The van der Waals surface area contributed by atoms with E-state index < -0.39 is 0 Å². The molecule has 0 unspecified atom stereocenters. The fourth-order valence-electron chi connectivity index (χ4n) is 2.07. The van der Waals surface area contributed by atoms with Gasteiger partial charge >= 0.3 is 0 Å². The molecule has 0 spiro atoms. The van der Waals surface area contributed by atoms with Crippen LogP contribution >= 0.6 is 0 Å². The van der Waals surface area contributed by atoms with E-state index in [4.69, 9.17) is 0 Å². The average molecular weight is 231 g/mol. The van der Waals surface area contributed by atoms with E-state index in [1.165, 1.54) is 12.1 Å². The summed E-state index contributed by atoms with van der Waals surface area (Å²) in [5.74, 6) is 0.456. The molecular formula is C13H14FN3. The molecule has 0 atom stereocenters. The molecule has 0 amide bonds. The summed E-state index contributed by atoms with van der Waals surface area (Å²) in [6.45, 7) is 3.04. The van der Waals surface area contributed by atoms with Crippen LogP contribution in [0.1, 0.15) is 0 Å². The van der Waals surface area contributed by atoms with Crippen molar-refractivity contribution in [1.82, 2.24) is 15.1 Å². The highest BCUT2D eigenvalue weighted by atomic mass is 19.1. The first-order valence-corrected chi connectivity index (χ1v) is 5.81. The van der Waals surface area contributed by atoms with Gasteiger partial charge in [0.15, 0.2) is 0 Å². The molecule has 0 saturated carbocycles. The molecule has 0 aliphatic carbocycles. The molecule has 1 N–H and O–H groups in total. The smallest absolute Gasteiger partial charge is 0.123 e. The second kappa shape index (κ2) is 4.30. The van der Waals surface area contributed by atoms with Gasteiger partial charge in [0.2, 0.25) is 0 Å². The van der Waals surface area contributed by atoms with Crippen molar-refractivity contribution in [3.05, 3.63) is 42.3 Å². The van der Waals surface area contributed by atoms with E-state index in [-0.39, 0.29) is 5.82 Å². The van der Waals surface area contributed by atoms with Crippen molar-refractivity contribution in [2.75, 3.05) is 13.1 Å². The van der Waals surface area contributed by atoms with Gasteiger partial charge in [0.1, 0.15) is 5.82 Å². The Morgan fingerprint density at radius 1 is 1.24 bits per heavy atom. The third-order valence-electron chi connectivity index (χ3n) is 3.15. The normalized spacial score (nSPS) is 15.8. The van der Waals surface area contributed by atoms with Crippen molar-refractivity contribution < 1.29 is 4.39 Å². The number of benzene rings is 1. The monoisotopic (exact) mass is 231 g/mol. The van der Waals surface area contributed by atoms with Crippen molar-refractivity contribution >= 4 is 0 Å². The maximum absolute atomic E-state index is 12.9. The van der Waals surface area contributed by atoms with Crippen LogP contribution in [0.2, 0.25) is 0 Å². The molecule has 17 heavy (non-hydrogen) atoms. The number of hydrogen-bond acceptors (Lipinski definition) is 2. The number of hydrogen-bond donors (Lipinski definition) is 1. The van der Waals surface area contributed by atoms with Crippen molar-refractivity contribution in [3.8, 4) is 11.3 Å². The fraction of sp³-hybridized carbons (Fsp3) is 0.308. The van der Waals surface area contributed by atoms with E-state index in [1.807, 2.05) is 10.7 Å². The molecule has 3 nitrogen and oxygen atoms in total. The van der Waals surface area contributed by atoms with Crippen molar-refractivity contribution in [2.24, 2.45) is 5.92 Å². The molecule has 1 fully saturated rings. The number of aromatic nitrogens is 2. The summed E-state index contributed by atoms with van der Waals surface area (Å²) in [5.41, 5.74) is 2.06. The quantitative estimate of drug-likeness (QED) is 0.874. The van der Waals surface area contributed by atoms with Gasteiger partial charge in [0, 0.05) is 31.7 Å². The minimum atomic E-state index is -0.206. The Labute approximate surface area is 99.3 Å². The van der Waals surface area contributed by atoms with Gasteiger partial charge < -0.3 is 5.32 Å². The van der Waals surface area contributed by atoms with Gasteiger partial charge in [-0.3, -0.25) is 4.68 Å². The standard InChI is InChI=1S/C13H14FN3/c14-12-3-1-11(2-4-12)13-5-6-16-17(13)9-10-7-15-8-10/h1-6,10,15H,7-9H2. The van der Waals surface area contributed by atoms with Gasteiger partial charge in [-0.15, -0.1) is 0 Å². The molecule has 1 aromatic heterocycles. The van der Waals surface area contributed by atoms with Gasteiger partial charge in [-0.05, 0) is 35.9 Å². The van der Waals surface area contributed by atoms with E-state index in [2.05, 4.69) is 10.4 Å². The van der Waals surface area contributed by atoms with Crippen molar-refractivity contribution in [3.63, 3.8) is 0 Å². The van der Waals surface area contributed by atoms with E-state index in [9.17, 15) is 4.39 Å². The lowest BCUT2D eigenvalue weighted by atomic mass is 10.0. The molecule has 0 radical (unpaired) electrons. The van der Waals surface area contributed by atoms with Crippen LogP contribution in [0.4, 0.5) is 4.39 Å². The lowest BCUT2D eigenvalue weighted by Crippen LogP contribution is -2.44. The lowest BCUT2D eigenvalue weighted by Gasteiger charge is -2.27. The summed E-state index contributed by atoms with van der Waals surface area (Å²) < 4.78 is 14.9. The third kappa shape index (κ3) is 2.08. The van der Waals surface area contributed by atoms with Gasteiger partial charge in [-0.2, -0.15) is 5.10 Å². The maximum atomic E-state index is 12.9. The minimum Gasteiger partial charge on any atom is -0.316 e. The van der Waals surface area contributed by atoms with Crippen LogP contribution in [0.25, 0.3) is 11.3 Å². The largest absolute Gasteiger partial charge is 0.316 e. The zero-order valence-corrected chi connectivity index (χ0v) is 9.44. The predicted molar refractivity (Wildman–Crippen MR) is 64.0 cm³/mol. The van der Waals surface area contributed by atoms with Gasteiger partial charge in [-0.25, -0.2) is 4.39 Å². The Bertz CT molecular complexity index is 500. The molecule has 1 aromatic carbocycles. The highest BCUT2D eigenvalue weighted by Crippen LogP contribution is 2.20. The van der Waals surface area contributed by atoms with E-state index in [0.717, 1.165) is 30.9 Å². The van der Waals surface area contributed by atoms with E-state index in [0.29, 0.717) is 5.92 Å². The van der Waals surface area contributed by atoms with Crippen LogP contribution in [0.3, 0.4) is 0 Å². The van der Waals surface area contributed by atoms with Crippen LogP contribution in [-0.4, -0.2) is 22.9 Å². The number of halogens is 1. The molecule has 1 aliphatic heterocycles. The lowest BCUT2D eigenvalue weighted by molar-refractivity contribution is 0.297. The van der Waals surface area contributed by atoms with Crippen molar-refractivity contribution in [2.45, 2.75) is 6.54 Å². The van der Waals surface area contributed by atoms with E-state index in [1.54, 1.807) is 18.3 Å². The zero-order valence-electron chi connectivity index (χ0n) is 9.44. The molecule has 88 valence electrons. The molecule has 1 saturated heterocycles. The summed E-state index contributed by atoms with van der Waals surface area (Å²) >= 11 is 0. The van der Waals surface area contributed by atoms with E-state index >= 15 is 0 Å². The Morgan fingerprint density at radius 3 is 2.65 bits per heavy atom. The van der Waals surface area contributed by atoms with Crippen molar-refractivity contribution in [1.29, 1.82) is 0 Å². The molecule has 0 bridgehead atoms. The van der Waals surface area contributed by atoms with Crippen LogP contribution in [0.15, 0.2) is 36.5 Å². The predicted octanol–water partition coefficient (Wildman–Crippen LogP) is 1.91. The molecule has 2 aromatic rings. The van der Waals surface area contributed by atoms with Crippen LogP contribution in [0, 0.1) is 11.7 Å². The maximum Gasteiger partial charge on any atom is 0.123 e. The van der Waals surface area contributed by atoms with Crippen LogP contribution in [0.5, 0.6) is 0 Å². The highest BCUT2D eigenvalue weighted by molar-refractivity contribution is 5.58. The van der Waals surface area contributed by atoms with Crippen LogP contribution < -0.4 is 5.32 Å². The average Bonchev–Trinajstić information content (AvgIpc) is 2.73. The van der Waals surface area contributed by atoms with Crippen LogP contribution in [-0.2, 0) is 6.54 Å². The highest BCUT2D eigenvalue weighted by Gasteiger charge is 2.18. The van der Waals surface area contributed by atoms with Gasteiger partial charge in [0.05, 0.1) is 5.69 Å². The molecule has 3 rings (SSSR count). The zero-order chi connectivity index (χ0) is 11.7. The number of nitrogens with zero attached hydrogens (tertiary/aromatic N) is 2. The summed E-state index contributed by atoms with van der Waals surface area (Å²) in [4.78, 5) is 0. The molecule has 2 heterocycles. The minimum absolute atomic E-state index is 0.206. The Kier molecular flexibility index (Phi) is 2.65. The molecular weight excluding hydrogens is 217 g/mol. The first kappa shape index (κ1) is 10.5. The molecule has 4 heteroatoms. The summed E-state index contributed by atoms with van der Waals surface area (Å²) in [7, 11) is 0. The fourth-order valence-corrected chi connectivity index (χ4v) is 2.07. The molecule has 1 aliphatic rings.